The summed E-state index contributed by atoms with van der Waals surface area (Å²) in [6.07, 6.45) is 2.18. The highest BCUT2D eigenvalue weighted by Gasteiger charge is 2.11. The molecule has 0 aromatic carbocycles. The standard InChI is InChI=1S/C11H21NO3/c1-4-7-8-11(14)15-9-10(13)12(5-2)6-3/h4-9H2,1-3H3. The van der Waals surface area contributed by atoms with Gasteiger partial charge in [-0.2, -0.15) is 0 Å². The second-order valence-corrected chi connectivity index (χ2v) is 3.33. The van der Waals surface area contributed by atoms with Crippen molar-refractivity contribution in [2.75, 3.05) is 19.7 Å². The summed E-state index contributed by atoms with van der Waals surface area (Å²) >= 11 is 0. The highest BCUT2D eigenvalue weighted by molar-refractivity contribution is 5.80. The van der Waals surface area contributed by atoms with Gasteiger partial charge in [0, 0.05) is 19.5 Å². The third-order valence-corrected chi connectivity index (χ3v) is 2.21. The fraction of sp³-hybridized carbons (Fsp3) is 0.818. The highest BCUT2D eigenvalue weighted by atomic mass is 16.5. The van der Waals surface area contributed by atoms with Crippen LogP contribution in [0, 0.1) is 0 Å². The fourth-order valence-electron chi connectivity index (χ4n) is 1.20. The monoisotopic (exact) mass is 215 g/mol. The van der Waals surface area contributed by atoms with Gasteiger partial charge in [-0.3, -0.25) is 9.59 Å². The van der Waals surface area contributed by atoms with Crippen LogP contribution in [0.15, 0.2) is 0 Å². The molecule has 0 atom stereocenters. The molecule has 15 heavy (non-hydrogen) atoms. The van der Waals surface area contributed by atoms with Crippen LogP contribution in [0.2, 0.25) is 0 Å². The van der Waals surface area contributed by atoms with Crippen molar-refractivity contribution < 1.29 is 14.3 Å². The third-order valence-electron chi connectivity index (χ3n) is 2.21. The zero-order valence-electron chi connectivity index (χ0n) is 9.91. The van der Waals surface area contributed by atoms with E-state index in [0.29, 0.717) is 19.5 Å². The van der Waals surface area contributed by atoms with Crippen LogP contribution in [0.25, 0.3) is 0 Å². The Hall–Kier alpha value is -1.06. The van der Waals surface area contributed by atoms with Crippen LogP contribution in [0.5, 0.6) is 0 Å². The van der Waals surface area contributed by atoms with Crippen molar-refractivity contribution in [3.05, 3.63) is 0 Å². The number of likely N-dealkylation sites (N-methyl/N-ethyl adjacent to an activating group) is 1. The SMILES string of the molecule is CCCCC(=O)OCC(=O)N(CC)CC. The minimum absolute atomic E-state index is 0.121. The van der Waals surface area contributed by atoms with Gasteiger partial charge in [0.15, 0.2) is 6.61 Å². The molecule has 0 aromatic heterocycles. The van der Waals surface area contributed by atoms with Gasteiger partial charge in [0.2, 0.25) is 0 Å². The Bertz CT molecular complexity index is 200. The third kappa shape index (κ3) is 6.10. The second-order valence-electron chi connectivity index (χ2n) is 3.33. The number of unbranched alkanes of at least 4 members (excludes halogenated alkanes) is 1. The Balaban J connectivity index is 3.74. The van der Waals surface area contributed by atoms with Gasteiger partial charge < -0.3 is 9.64 Å². The van der Waals surface area contributed by atoms with Gasteiger partial charge in [0.05, 0.1) is 0 Å². The molecule has 88 valence electrons. The van der Waals surface area contributed by atoms with E-state index in [1.807, 2.05) is 20.8 Å². The molecule has 0 rings (SSSR count). The normalized spacial score (nSPS) is 9.80. The smallest absolute Gasteiger partial charge is 0.306 e. The molecule has 0 aliphatic carbocycles. The van der Waals surface area contributed by atoms with Gasteiger partial charge in [-0.1, -0.05) is 13.3 Å². The van der Waals surface area contributed by atoms with Crippen LogP contribution in [0.3, 0.4) is 0 Å². The van der Waals surface area contributed by atoms with Gasteiger partial charge in [0.25, 0.3) is 5.91 Å². The number of hydrogen-bond donors (Lipinski definition) is 0. The largest absolute Gasteiger partial charge is 0.456 e. The van der Waals surface area contributed by atoms with Gasteiger partial charge in [-0.25, -0.2) is 0 Å². The van der Waals surface area contributed by atoms with Crippen LogP contribution in [-0.2, 0) is 14.3 Å². The first-order valence-corrected chi connectivity index (χ1v) is 5.59. The minimum Gasteiger partial charge on any atom is -0.456 e. The summed E-state index contributed by atoms with van der Waals surface area (Å²) in [6, 6.07) is 0. The molecular formula is C11H21NO3. The number of carbonyl (C=O) groups is 2. The molecule has 4 heteroatoms. The number of nitrogens with zero attached hydrogens (tertiary/aromatic N) is 1. The molecule has 0 aliphatic heterocycles. The average molecular weight is 215 g/mol. The van der Waals surface area contributed by atoms with Gasteiger partial charge in [0.1, 0.15) is 0 Å². The summed E-state index contributed by atoms with van der Waals surface area (Å²) in [6.45, 7) is 7.00. The molecule has 0 unspecified atom stereocenters. The van der Waals surface area contributed by atoms with Crippen LogP contribution < -0.4 is 0 Å². The van der Waals surface area contributed by atoms with Crippen molar-refractivity contribution in [2.24, 2.45) is 0 Å². The van der Waals surface area contributed by atoms with E-state index < -0.39 is 0 Å². The highest BCUT2D eigenvalue weighted by Crippen LogP contribution is 1.97. The van der Waals surface area contributed by atoms with E-state index in [1.165, 1.54) is 0 Å². The summed E-state index contributed by atoms with van der Waals surface area (Å²) in [5.74, 6) is -0.401. The maximum atomic E-state index is 11.4. The predicted octanol–water partition coefficient (Wildman–Crippen LogP) is 1.59. The van der Waals surface area contributed by atoms with E-state index >= 15 is 0 Å². The summed E-state index contributed by atoms with van der Waals surface area (Å²) < 4.78 is 4.86. The molecule has 1 amide bonds. The number of rotatable bonds is 7. The Kier molecular flexibility index (Phi) is 7.68. The second kappa shape index (κ2) is 8.26. The molecule has 0 bridgehead atoms. The molecular weight excluding hydrogens is 194 g/mol. The van der Waals surface area contributed by atoms with Gasteiger partial charge >= 0.3 is 5.97 Å². The molecule has 0 saturated heterocycles. The van der Waals surface area contributed by atoms with Gasteiger partial charge in [-0.05, 0) is 20.3 Å². The lowest BCUT2D eigenvalue weighted by molar-refractivity contribution is -0.152. The van der Waals surface area contributed by atoms with Crippen molar-refractivity contribution in [1.82, 2.24) is 4.90 Å². The lowest BCUT2D eigenvalue weighted by atomic mass is 10.2. The summed E-state index contributed by atoms with van der Waals surface area (Å²) in [5, 5.41) is 0. The molecule has 0 saturated carbocycles. The number of esters is 1. The molecule has 0 aromatic rings. The Morgan fingerprint density at radius 1 is 1.13 bits per heavy atom. The minimum atomic E-state index is -0.280. The van der Waals surface area contributed by atoms with Crippen LogP contribution in [0.4, 0.5) is 0 Å². The van der Waals surface area contributed by atoms with E-state index in [9.17, 15) is 9.59 Å². The summed E-state index contributed by atoms with van der Waals surface area (Å²) in [7, 11) is 0. The van der Waals surface area contributed by atoms with Crippen molar-refractivity contribution in [2.45, 2.75) is 40.0 Å². The van der Waals surface area contributed by atoms with E-state index in [2.05, 4.69) is 0 Å². The van der Waals surface area contributed by atoms with Crippen molar-refractivity contribution in [3.63, 3.8) is 0 Å². The zero-order valence-corrected chi connectivity index (χ0v) is 9.91. The zero-order chi connectivity index (χ0) is 11.7. The maximum Gasteiger partial charge on any atom is 0.306 e. The first-order valence-electron chi connectivity index (χ1n) is 5.59. The molecule has 0 heterocycles. The van der Waals surface area contributed by atoms with Crippen molar-refractivity contribution in [1.29, 1.82) is 0 Å². The lowest BCUT2D eigenvalue weighted by Gasteiger charge is -2.18. The first-order chi connectivity index (χ1) is 7.15. The van der Waals surface area contributed by atoms with Crippen LogP contribution in [-0.4, -0.2) is 36.5 Å². The molecule has 0 N–H and O–H groups in total. The number of carbonyl (C=O) groups excluding carboxylic acids is 2. The number of hydrogen-bond acceptors (Lipinski definition) is 3. The Labute approximate surface area is 91.6 Å². The number of ether oxygens (including phenoxy) is 1. The van der Waals surface area contributed by atoms with E-state index in [1.54, 1.807) is 4.90 Å². The van der Waals surface area contributed by atoms with Crippen molar-refractivity contribution in [3.8, 4) is 0 Å². The molecule has 0 aliphatic rings. The first kappa shape index (κ1) is 13.9. The topological polar surface area (TPSA) is 46.6 Å². The van der Waals surface area contributed by atoms with E-state index in [-0.39, 0.29) is 18.5 Å². The van der Waals surface area contributed by atoms with Crippen LogP contribution in [0.1, 0.15) is 40.0 Å². The maximum absolute atomic E-state index is 11.4. The summed E-state index contributed by atoms with van der Waals surface area (Å²) in [5.41, 5.74) is 0. The van der Waals surface area contributed by atoms with Gasteiger partial charge in [-0.15, -0.1) is 0 Å². The Morgan fingerprint density at radius 2 is 1.73 bits per heavy atom. The Morgan fingerprint density at radius 3 is 2.20 bits per heavy atom. The number of amides is 1. The molecule has 0 radical (unpaired) electrons. The molecule has 0 spiro atoms. The lowest BCUT2D eigenvalue weighted by Crippen LogP contribution is -2.34. The molecule has 4 nitrogen and oxygen atoms in total. The van der Waals surface area contributed by atoms with Crippen molar-refractivity contribution >= 4 is 11.9 Å². The quantitative estimate of drug-likeness (QED) is 0.606. The molecule has 0 fully saturated rings. The average Bonchev–Trinajstić information content (AvgIpc) is 2.25. The van der Waals surface area contributed by atoms with E-state index in [0.717, 1.165) is 12.8 Å². The summed E-state index contributed by atoms with van der Waals surface area (Å²) in [4.78, 5) is 24.2. The predicted molar refractivity (Wildman–Crippen MR) is 58.4 cm³/mol. The van der Waals surface area contributed by atoms with Crippen LogP contribution >= 0.6 is 0 Å². The fourth-order valence-corrected chi connectivity index (χ4v) is 1.20. The van der Waals surface area contributed by atoms with E-state index in [4.69, 9.17) is 4.74 Å².